The molecule has 1 fully saturated rings. The number of hydrogen-bond donors (Lipinski definition) is 2. The van der Waals surface area contributed by atoms with Crippen molar-refractivity contribution in [1.82, 2.24) is 4.90 Å². The van der Waals surface area contributed by atoms with Crippen LogP contribution >= 0.6 is 23.4 Å². The second-order valence-electron chi connectivity index (χ2n) is 7.67. The molecule has 0 aliphatic carbocycles. The maximum absolute atomic E-state index is 12.5. The Hall–Kier alpha value is -2.02. The number of nitrogens with two attached hydrogens (primary N) is 1. The molecule has 2 amide bonds. The summed E-state index contributed by atoms with van der Waals surface area (Å²) in [5.74, 6) is -0.169. The molecule has 5 nitrogen and oxygen atoms in total. The van der Waals surface area contributed by atoms with E-state index in [4.69, 9.17) is 17.3 Å². The SMILES string of the molecule is CC(Sc1ccc(Cl)cc1)C(=O)Nc1ccc(CCN2CCC(C(N)=O)CC2)cc1. The van der Waals surface area contributed by atoms with Gasteiger partial charge in [0.15, 0.2) is 0 Å². The summed E-state index contributed by atoms with van der Waals surface area (Å²) < 4.78 is 0. The number of nitrogens with zero attached hydrogens (tertiary/aromatic N) is 1. The number of nitrogens with one attached hydrogen (secondary N) is 1. The number of benzene rings is 2. The Kier molecular flexibility index (Phi) is 8.19. The third kappa shape index (κ3) is 6.76. The average molecular weight is 446 g/mol. The first-order chi connectivity index (χ1) is 14.4. The maximum Gasteiger partial charge on any atom is 0.237 e. The minimum Gasteiger partial charge on any atom is -0.369 e. The number of piperidine rings is 1. The number of hydrogen-bond acceptors (Lipinski definition) is 4. The van der Waals surface area contributed by atoms with Crippen LogP contribution in [0.4, 0.5) is 5.69 Å². The molecule has 3 N–H and O–H groups in total. The lowest BCUT2D eigenvalue weighted by atomic mass is 9.96. The molecule has 1 heterocycles. The van der Waals surface area contributed by atoms with E-state index in [1.54, 1.807) is 0 Å². The van der Waals surface area contributed by atoms with E-state index in [1.165, 1.54) is 17.3 Å². The molecule has 0 radical (unpaired) electrons. The fraction of sp³-hybridized carbons (Fsp3) is 0.391. The highest BCUT2D eigenvalue weighted by Crippen LogP contribution is 2.25. The van der Waals surface area contributed by atoms with Crippen LogP contribution in [0, 0.1) is 5.92 Å². The molecular weight excluding hydrogens is 418 g/mol. The van der Waals surface area contributed by atoms with Gasteiger partial charge in [-0.3, -0.25) is 9.59 Å². The predicted octanol–water partition coefficient (Wildman–Crippen LogP) is 4.20. The molecule has 1 aliphatic rings. The Balaban J connectivity index is 1.43. The van der Waals surface area contributed by atoms with Crippen molar-refractivity contribution in [2.45, 2.75) is 36.3 Å². The van der Waals surface area contributed by atoms with Crippen molar-refractivity contribution in [1.29, 1.82) is 0 Å². The lowest BCUT2D eigenvalue weighted by Crippen LogP contribution is -2.39. The van der Waals surface area contributed by atoms with Gasteiger partial charge in [0.1, 0.15) is 0 Å². The van der Waals surface area contributed by atoms with Gasteiger partial charge < -0.3 is 16.0 Å². The molecule has 1 unspecified atom stereocenters. The Morgan fingerprint density at radius 1 is 1.13 bits per heavy atom. The normalized spacial score (nSPS) is 16.2. The summed E-state index contributed by atoms with van der Waals surface area (Å²) in [5, 5.41) is 3.45. The summed E-state index contributed by atoms with van der Waals surface area (Å²) >= 11 is 7.41. The van der Waals surface area contributed by atoms with Gasteiger partial charge in [0.2, 0.25) is 11.8 Å². The summed E-state index contributed by atoms with van der Waals surface area (Å²) in [6.07, 6.45) is 2.65. The van der Waals surface area contributed by atoms with Crippen molar-refractivity contribution in [3.63, 3.8) is 0 Å². The quantitative estimate of drug-likeness (QED) is 0.597. The molecule has 3 rings (SSSR count). The van der Waals surface area contributed by atoms with Crippen LogP contribution in [0.25, 0.3) is 0 Å². The lowest BCUT2D eigenvalue weighted by molar-refractivity contribution is -0.123. The van der Waals surface area contributed by atoms with E-state index in [1.807, 2.05) is 43.3 Å². The van der Waals surface area contributed by atoms with Crippen molar-refractivity contribution in [3.8, 4) is 0 Å². The third-order valence-electron chi connectivity index (χ3n) is 5.42. The second kappa shape index (κ2) is 10.8. The number of carbonyl (C=O) groups excluding carboxylic acids is 2. The van der Waals surface area contributed by atoms with E-state index >= 15 is 0 Å². The highest BCUT2D eigenvalue weighted by molar-refractivity contribution is 8.00. The zero-order valence-corrected chi connectivity index (χ0v) is 18.7. The second-order valence-corrected chi connectivity index (χ2v) is 9.52. The van der Waals surface area contributed by atoms with Crippen LogP contribution in [0.1, 0.15) is 25.3 Å². The van der Waals surface area contributed by atoms with Crippen LogP contribution in [0.5, 0.6) is 0 Å². The summed E-state index contributed by atoms with van der Waals surface area (Å²) in [6, 6.07) is 15.5. The van der Waals surface area contributed by atoms with Gasteiger partial charge in [-0.05, 0) is 81.2 Å². The highest BCUT2D eigenvalue weighted by atomic mass is 35.5. The average Bonchev–Trinajstić information content (AvgIpc) is 2.75. The van der Waals surface area contributed by atoms with Crippen LogP contribution in [-0.2, 0) is 16.0 Å². The number of likely N-dealkylation sites (tertiary alicyclic amines) is 1. The smallest absolute Gasteiger partial charge is 0.237 e. The molecule has 2 aromatic rings. The third-order valence-corrected chi connectivity index (χ3v) is 6.79. The van der Waals surface area contributed by atoms with E-state index in [2.05, 4.69) is 22.3 Å². The number of primary amides is 1. The molecule has 0 spiro atoms. The predicted molar refractivity (Wildman–Crippen MR) is 124 cm³/mol. The molecular formula is C23H28ClN3O2S. The highest BCUT2D eigenvalue weighted by Gasteiger charge is 2.22. The fourth-order valence-electron chi connectivity index (χ4n) is 3.50. The molecule has 0 aromatic heterocycles. The Bertz CT molecular complexity index is 850. The minimum absolute atomic E-state index is 0.0278. The van der Waals surface area contributed by atoms with Crippen LogP contribution in [0.2, 0.25) is 5.02 Å². The van der Waals surface area contributed by atoms with Gasteiger partial charge in [0, 0.05) is 28.1 Å². The summed E-state index contributed by atoms with van der Waals surface area (Å²) in [6.45, 7) is 4.70. The van der Waals surface area contributed by atoms with Gasteiger partial charge >= 0.3 is 0 Å². The molecule has 7 heteroatoms. The zero-order valence-electron chi connectivity index (χ0n) is 17.1. The van der Waals surface area contributed by atoms with Gasteiger partial charge in [-0.15, -0.1) is 11.8 Å². The molecule has 1 aliphatic heterocycles. The monoisotopic (exact) mass is 445 g/mol. The summed E-state index contributed by atoms with van der Waals surface area (Å²) in [4.78, 5) is 27.1. The number of halogens is 1. The first kappa shape index (κ1) is 22.7. The van der Waals surface area contributed by atoms with Crippen LogP contribution in [0.3, 0.4) is 0 Å². The minimum atomic E-state index is -0.214. The van der Waals surface area contributed by atoms with Crippen molar-refractivity contribution < 1.29 is 9.59 Å². The van der Waals surface area contributed by atoms with Crippen LogP contribution in [0.15, 0.2) is 53.4 Å². The van der Waals surface area contributed by atoms with Gasteiger partial charge in [-0.1, -0.05) is 23.7 Å². The first-order valence-electron chi connectivity index (χ1n) is 10.2. The van der Waals surface area contributed by atoms with Gasteiger partial charge in [-0.2, -0.15) is 0 Å². The van der Waals surface area contributed by atoms with Crippen LogP contribution < -0.4 is 11.1 Å². The molecule has 0 bridgehead atoms. The number of carbonyl (C=O) groups is 2. The molecule has 160 valence electrons. The van der Waals surface area contributed by atoms with E-state index in [9.17, 15) is 9.59 Å². The fourth-order valence-corrected chi connectivity index (χ4v) is 4.49. The first-order valence-corrected chi connectivity index (χ1v) is 11.5. The molecule has 1 atom stereocenters. The van der Waals surface area contributed by atoms with Crippen LogP contribution in [-0.4, -0.2) is 41.6 Å². The van der Waals surface area contributed by atoms with E-state index in [0.29, 0.717) is 5.02 Å². The van der Waals surface area contributed by atoms with E-state index < -0.39 is 0 Å². The van der Waals surface area contributed by atoms with Gasteiger partial charge in [0.05, 0.1) is 5.25 Å². The maximum atomic E-state index is 12.5. The molecule has 1 saturated heterocycles. The molecule has 2 aromatic carbocycles. The topological polar surface area (TPSA) is 75.4 Å². The Morgan fingerprint density at radius 2 is 1.77 bits per heavy atom. The summed E-state index contributed by atoms with van der Waals surface area (Å²) in [5.41, 5.74) is 7.43. The lowest BCUT2D eigenvalue weighted by Gasteiger charge is -2.30. The number of rotatable bonds is 8. The van der Waals surface area contributed by atoms with E-state index in [-0.39, 0.29) is 23.0 Å². The molecule has 0 saturated carbocycles. The number of anilines is 1. The van der Waals surface area contributed by atoms with Crippen molar-refractivity contribution >= 4 is 40.9 Å². The summed E-state index contributed by atoms with van der Waals surface area (Å²) in [7, 11) is 0. The zero-order chi connectivity index (χ0) is 21.5. The standard InChI is InChI=1S/C23H28ClN3O2S/c1-16(30-21-8-4-19(24)5-9-21)23(29)26-20-6-2-17(3-7-20)10-13-27-14-11-18(12-15-27)22(25)28/h2-9,16,18H,10-15H2,1H3,(H2,25,28)(H,26,29). The van der Waals surface area contributed by atoms with Gasteiger partial charge in [0.25, 0.3) is 0 Å². The van der Waals surface area contributed by atoms with Crippen molar-refractivity contribution in [2.24, 2.45) is 11.7 Å². The Morgan fingerprint density at radius 3 is 2.37 bits per heavy atom. The largest absolute Gasteiger partial charge is 0.369 e. The van der Waals surface area contributed by atoms with Crippen molar-refractivity contribution in [2.75, 3.05) is 25.0 Å². The van der Waals surface area contributed by atoms with Crippen molar-refractivity contribution in [3.05, 3.63) is 59.1 Å². The number of thioether (sulfide) groups is 1. The Labute approximate surface area is 187 Å². The van der Waals surface area contributed by atoms with Gasteiger partial charge in [-0.25, -0.2) is 0 Å². The molecule has 30 heavy (non-hydrogen) atoms. The number of amides is 2. The van der Waals surface area contributed by atoms with E-state index in [0.717, 1.165) is 49.5 Å².